The van der Waals surface area contributed by atoms with Crippen molar-refractivity contribution in [3.63, 3.8) is 0 Å². The quantitative estimate of drug-likeness (QED) is 0.549. The van der Waals surface area contributed by atoms with Crippen LogP contribution < -0.4 is 9.64 Å². The summed E-state index contributed by atoms with van der Waals surface area (Å²) in [6.07, 6.45) is 2.21. The number of para-hydroxylation sites is 1. The highest BCUT2D eigenvalue weighted by molar-refractivity contribution is 7.98. The molecule has 0 unspecified atom stereocenters. The van der Waals surface area contributed by atoms with E-state index >= 15 is 0 Å². The summed E-state index contributed by atoms with van der Waals surface area (Å²) in [5, 5.41) is 1.05. The number of thioether (sulfide) groups is 1. The maximum absolute atomic E-state index is 12.9. The molecule has 1 amide bonds. The third-order valence-electron chi connectivity index (χ3n) is 4.90. The molecule has 7 heteroatoms. The maximum Gasteiger partial charge on any atom is 0.253 e. The summed E-state index contributed by atoms with van der Waals surface area (Å²) in [6, 6.07) is 13.8. The van der Waals surface area contributed by atoms with Crippen LogP contribution in [-0.4, -0.2) is 54.3 Å². The first-order valence-electron chi connectivity index (χ1n) is 9.79. The average Bonchev–Trinajstić information content (AvgIpc) is 3.18. The van der Waals surface area contributed by atoms with Crippen LogP contribution in [0.4, 0.5) is 5.13 Å². The van der Waals surface area contributed by atoms with Crippen molar-refractivity contribution in [1.29, 1.82) is 0 Å². The van der Waals surface area contributed by atoms with E-state index in [1.54, 1.807) is 23.1 Å². The Morgan fingerprint density at radius 3 is 2.48 bits per heavy atom. The zero-order valence-corrected chi connectivity index (χ0v) is 18.6. The molecule has 0 saturated carbocycles. The number of carbonyl (C=O) groups excluding carboxylic acids is 1. The third-order valence-corrected chi connectivity index (χ3v) is 6.75. The second-order valence-corrected chi connectivity index (χ2v) is 9.13. The Morgan fingerprint density at radius 1 is 1.10 bits per heavy atom. The largest absolute Gasteiger partial charge is 0.491 e. The lowest BCUT2D eigenvalue weighted by molar-refractivity contribution is 0.0746. The lowest BCUT2D eigenvalue weighted by Gasteiger charge is -2.34. The van der Waals surface area contributed by atoms with Crippen molar-refractivity contribution < 1.29 is 9.53 Å². The Kier molecular flexibility index (Phi) is 5.96. The van der Waals surface area contributed by atoms with Crippen molar-refractivity contribution in [1.82, 2.24) is 9.88 Å². The monoisotopic (exact) mass is 427 g/mol. The van der Waals surface area contributed by atoms with Crippen molar-refractivity contribution >= 4 is 44.4 Å². The van der Waals surface area contributed by atoms with Crippen molar-refractivity contribution in [3.8, 4) is 5.75 Å². The number of nitrogens with zero attached hydrogens (tertiary/aromatic N) is 3. The number of hydrogen-bond acceptors (Lipinski definition) is 6. The first-order valence-corrected chi connectivity index (χ1v) is 11.8. The van der Waals surface area contributed by atoms with Crippen LogP contribution in [-0.2, 0) is 0 Å². The smallest absolute Gasteiger partial charge is 0.253 e. The highest BCUT2D eigenvalue weighted by Crippen LogP contribution is 2.34. The highest BCUT2D eigenvalue weighted by atomic mass is 32.2. The van der Waals surface area contributed by atoms with Gasteiger partial charge in [-0.2, -0.15) is 0 Å². The molecule has 4 rings (SSSR count). The van der Waals surface area contributed by atoms with Gasteiger partial charge < -0.3 is 14.5 Å². The van der Waals surface area contributed by atoms with Gasteiger partial charge in [0.1, 0.15) is 5.75 Å². The summed E-state index contributed by atoms with van der Waals surface area (Å²) in [4.78, 5) is 23.2. The molecule has 2 aromatic carbocycles. The minimum absolute atomic E-state index is 0.0784. The molecule has 152 valence electrons. The van der Waals surface area contributed by atoms with Crippen molar-refractivity contribution in [2.45, 2.75) is 24.8 Å². The number of benzene rings is 2. The minimum Gasteiger partial charge on any atom is -0.491 e. The van der Waals surface area contributed by atoms with Crippen LogP contribution in [0.5, 0.6) is 5.75 Å². The van der Waals surface area contributed by atoms with Crippen molar-refractivity contribution in [2.75, 3.05) is 37.3 Å². The predicted octanol–water partition coefficient (Wildman–Crippen LogP) is 4.77. The molecule has 0 radical (unpaired) electrons. The Hall–Kier alpha value is -2.25. The summed E-state index contributed by atoms with van der Waals surface area (Å²) >= 11 is 3.46. The fourth-order valence-corrected chi connectivity index (χ4v) is 5.12. The van der Waals surface area contributed by atoms with Gasteiger partial charge in [0, 0.05) is 36.6 Å². The normalized spacial score (nSPS) is 14.6. The molecular formula is C22H25N3O2S2. The summed E-state index contributed by atoms with van der Waals surface area (Å²) < 4.78 is 6.88. The number of aromatic nitrogens is 1. The Balaban J connectivity index is 1.41. The molecular weight excluding hydrogens is 402 g/mol. The van der Waals surface area contributed by atoms with Gasteiger partial charge in [0.25, 0.3) is 5.91 Å². The number of carbonyl (C=O) groups is 1. The van der Waals surface area contributed by atoms with Gasteiger partial charge in [-0.05, 0) is 56.5 Å². The van der Waals surface area contributed by atoms with E-state index in [1.807, 2.05) is 43.0 Å². The Morgan fingerprint density at radius 2 is 1.83 bits per heavy atom. The second-order valence-electron chi connectivity index (χ2n) is 7.27. The SMILES string of the molecule is CSc1cccc2sc(N3CCN(C(=O)c4ccc(OC(C)C)cc4)CC3)nc12. The molecule has 29 heavy (non-hydrogen) atoms. The molecule has 1 aliphatic heterocycles. The molecule has 1 aliphatic rings. The van der Waals surface area contributed by atoms with E-state index in [2.05, 4.69) is 29.4 Å². The van der Waals surface area contributed by atoms with E-state index in [1.165, 1.54) is 9.60 Å². The van der Waals surface area contributed by atoms with Crippen LogP contribution in [0.25, 0.3) is 10.2 Å². The molecule has 0 bridgehead atoms. The second kappa shape index (κ2) is 8.63. The molecule has 1 fully saturated rings. The van der Waals surface area contributed by atoms with Crippen LogP contribution in [0, 0.1) is 0 Å². The first kappa shape index (κ1) is 20.0. The van der Waals surface area contributed by atoms with Gasteiger partial charge in [0.05, 0.1) is 16.3 Å². The van der Waals surface area contributed by atoms with E-state index in [-0.39, 0.29) is 12.0 Å². The lowest BCUT2D eigenvalue weighted by atomic mass is 10.1. The van der Waals surface area contributed by atoms with Crippen LogP contribution in [0.1, 0.15) is 24.2 Å². The van der Waals surface area contributed by atoms with E-state index in [9.17, 15) is 4.79 Å². The molecule has 0 aliphatic carbocycles. The summed E-state index contributed by atoms with van der Waals surface area (Å²) in [6.45, 7) is 6.99. The number of rotatable bonds is 5. The standard InChI is InChI=1S/C22H25N3O2S2/c1-15(2)27-17-9-7-16(8-10-17)21(26)24-11-13-25(14-12-24)22-23-20-18(28-3)5-4-6-19(20)29-22/h4-10,15H,11-14H2,1-3H3. The van der Waals surface area contributed by atoms with E-state index < -0.39 is 0 Å². The molecule has 3 aromatic rings. The predicted molar refractivity (Wildman–Crippen MR) is 122 cm³/mol. The molecule has 2 heterocycles. The van der Waals surface area contributed by atoms with Gasteiger partial charge in [-0.15, -0.1) is 11.8 Å². The number of anilines is 1. The summed E-state index contributed by atoms with van der Waals surface area (Å²) in [5.41, 5.74) is 1.79. The van der Waals surface area contributed by atoms with Crippen molar-refractivity contribution in [2.24, 2.45) is 0 Å². The first-order chi connectivity index (χ1) is 14.0. The summed E-state index contributed by atoms with van der Waals surface area (Å²) in [7, 11) is 0. The minimum atomic E-state index is 0.0784. The molecule has 0 N–H and O–H groups in total. The molecule has 1 saturated heterocycles. The number of hydrogen-bond donors (Lipinski definition) is 0. The Labute approximate surface area is 179 Å². The number of amides is 1. The third kappa shape index (κ3) is 4.36. The lowest BCUT2D eigenvalue weighted by Crippen LogP contribution is -2.48. The highest BCUT2D eigenvalue weighted by Gasteiger charge is 2.24. The molecule has 0 atom stereocenters. The van der Waals surface area contributed by atoms with Gasteiger partial charge >= 0.3 is 0 Å². The zero-order chi connectivity index (χ0) is 20.4. The Bertz CT molecular complexity index is 993. The molecule has 0 spiro atoms. The van der Waals surface area contributed by atoms with Crippen LogP contribution >= 0.6 is 23.1 Å². The molecule has 5 nitrogen and oxygen atoms in total. The van der Waals surface area contributed by atoms with Gasteiger partial charge in [-0.25, -0.2) is 4.98 Å². The van der Waals surface area contributed by atoms with E-state index in [0.29, 0.717) is 18.7 Å². The fraction of sp³-hybridized carbons (Fsp3) is 0.364. The summed E-state index contributed by atoms with van der Waals surface area (Å²) in [5.74, 6) is 0.872. The van der Waals surface area contributed by atoms with Crippen molar-refractivity contribution in [3.05, 3.63) is 48.0 Å². The van der Waals surface area contributed by atoms with Gasteiger partial charge in [0.15, 0.2) is 5.13 Å². The fourth-order valence-electron chi connectivity index (χ4n) is 3.44. The van der Waals surface area contributed by atoms with Gasteiger partial charge in [-0.1, -0.05) is 17.4 Å². The molecule has 1 aromatic heterocycles. The number of fused-ring (bicyclic) bond motifs is 1. The number of ether oxygens (including phenoxy) is 1. The van der Waals surface area contributed by atoms with Crippen LogP contribution in [0.15, 0.2) is 47.4 Å². The topological polar surface area (TPSA) is 45.7 Å². The van der Waals surface area contributed by atoms with Gasteiger partial charge in [0.2, 0.25) is 0 Å². The number of thiazole rings is 1. The van der Waals surface area contributed by atoms with Crippen LogP contribution in [0.3, 0.4) is 0 Å². The van der Waals surface area contributed by atoms with E-state index in [4.69, 9.17) is 9.72 Å². The van der Waals surface area contributed by atoms with Crippen LogP contribution in [0.2, 0.25) is 0 Å². The maximum atomic E-state index is 12.9. The average molecular weight is 428 g/mol. The van der Waals surface area contributed by atoms with E-state index in [0.717, 1.165) is 29.5 Å². The number of piperazine rings is 1. The van der Waals surface area contributed by atoms with Gasteiger partial charge in [-0.3, -0.25) is 4.79 Å². The zero-order valence-electron chi connectivity index (χ0n) is 16.9.